The average molecular weight is 269 g/mol. The van der Waals surface area contributed by atoms with Gasteiger partial charge in [0.05, 0.1) is 12.1 Å². The van der Waals surface area contributed by atoms with E-state index in [2.05, 4.69) is 43.4 Å². The lowest BCUT2D eigenvalue weighted by molar-refractivity contribution is 0.202. The van der Waals surface area contributed by atoms with Crippen LogP contribution < -0.4 is 5.32 Å². The lowest BCUT2D eigenvalue weighted by Crippen LogP contribution is -2.39. The number of para-hydroxylation sites is 1. The first-order chi connectivity index (χ1) is 9.72. The van der Waals surface area contributed by atoms with E-state index >= 15 is 0 Å². The molecule has 0 radical (unpaired) electrons. The third-order valence-corrected chi connectivity index (χ3v) is 3.79. The minimum absolute atomic E-state index is 0.0825. The number of aliphatic hydroxyl groups is 1. The molecule has 0 saturated carbocycles. The van der Waals surface area contributed by atoms with E-state index in [4.69, 9.17) is 0 Å². The molecule has 0 heterocycles. The van der Waals surface area contributed by atoms with E-state index in [1.165, 1.54) is 5.56 Å². The van der Waals surface area contributed by atoms with Gasteiger partial charge in [-0.25, -0.2) is 0 Å². The second kappa shape index (κ2) is 6.58. The lowest BCUT2D eigenvalue weighted by atomic mass is 9.85. The van der Waals surface area contributed by atoms with E-state index in [9.17, 15) is 5.11 Å². The van der Waals surface area contributed by atoms with Crippen LogP contribution in [0.2, 0.25) is 0 Å². The molecular weight excluding hydrogens is 246 g/mol. The monoisotopic (exact) mass is 269 g/mol. The maximum atomic E-state index is 10.1. The van der Waals surface area contributed by atoms with Gasteiger partial charge in [0.25, 0.3) is 0 Å². The molecule has 0 spiro atoms. The van der Waals surface area contributed by atoms with Gasteiger partial charge < -0.3 is 10.4 Å². The van der Waals surface area contributed by atoms with Crippen molar-refractivity contribution in [2.24, 2.45) is 0 Å². The fraction of sp³-hybridized carbons (Fsp3) is 0.333. The van der Waals surface area contributed by atoms with Crippen LogP contribution in [0.5, 0.6) is 0 Å². The molecular formula is C18H23NO. The first kappa shape index (κ1) is 14.6. The van der Waals surface area contributed by atoms with Crippen LogP contribution in [0.1, 0.15) is 30.9 Å². The molecule has 2 aromatic carbocycles. The summed E-state index contributed by atoms with van der Waals surface area (Å²) in [5.74, 6) is 0. The molecule has 1 unspecified atom stereocenters. The van der Waals surface area contributed by atoms with Gasteiger partial charge in [-0.2, -0.15) is 0 Å². The minimum Gasteiger partial charge on any atom is -0.394 e. The van der Waals surface area contributed by atoms with E-state index in [0.29, 0.717) is 0 Å². The molecule has 2 rings (SSSR count). The number of benzene rings is 2. The zero-order chi connectivity index (χ0) is 14.4. The van der Waals surface area contributed by atoms with Crippen molar-refractivity contribution in [1.82, 2.24) is 0 Å². The van der Waals surface area contributed by atoms with Gasteiger partial charge in [0.1, 0.15) is 0 Å². The van der Waals surface area contributed by atoms with Crippen LogP contribution in [0.15, 0.2) is 54.6 Å². The van der Waals surface area contributed by atoms with Crippen LogP contribution in [-0.4, -0.2) is 11.7 Å². The number of nitrogens with one attached hydrogen (secondary N) is 1. The smallest absolute Gasteiger partial charge is 0.0856 e. The van der Waals surface area contributed by atoms with Gasteiger partial charge in [0, 0.05) is 5.69 Å². The maximum Gasteiger partial charge on any atom is 0.0856 e. The average Bonchev–Trinajstić information content (AvgIpc) is 2.50. The van der Waals surface area contributed by atoms with Crippen molar-refractivity contribution in [2.45, 2.75) is 32.2 Å². The Balaban J connectivity index is 2.40. The molecule has 0 aromatic heterocycles. The maximum absolute atomic E-state index is 10.1. The zero-order valence-electron chi connectivity index (χ0n) is 12.3. The van der Waals surface area contributed by atoms with Crippen LogP contribution in [0, 0.1) is 6.92 Å². The lowest BCUT2D eigenvalue weighted by Gasteiger charge is -2.35. The molecule has 2 nitrogen and oxygen atoms in total. The van der Waals surface area contributed by atoms with Gasteiger partial charge in [0.2, 0.25) is 0 Å². The van der Waals surface area contributed by atoms with Crippen molar-refractivity contribution < 1.29 is 5.11 Å². The Morgan fingerprint density at radius 1 is 1.00 bits per heavy atom. The second-order valence-corrected chi connectivity index (χ2v) is 5.30. The molecule has 0 fully saturated rings. The molecule has 2 N–H and O–H groups in total. The van der Waals surface area contributed by atoms with Crippen molar-refractivity contribution in [3.63, 3.8) is 0 Å². The number of hydrogen-bond acceptors (Lipinski definition) is 2. The molecule has 0 bridgehead atoms. The summed E-state index contributed by atoms with van der Waals surface area (Å²) in [6.07, 6.45) is 1.90. The highest BCUT2D eigenvalue weighted by atomic mass is 16.3. The molecule has 0 aliphatic heterocycles. The molecule has 0 aliphatic rings. The Morgan fingerprint density at radius 3 is 2.25 bits per heavy atom. The third kappa shape index (κ3) is 3.02. The second-order valence-electron chi connectivity index (χ2n) is 5.30. The molecule has 106 valence electrons. The number of rotatable bonds is 6. The minimum atomic E-state index is -0.415. The van der Waals surface area contributed by atoms with E-state index in [0.717, 1.165) is 24.1 Å². The van der Waals surface area contributed by atoms with Crippen molar-refractivity contribution >= 4 is 5.69 Å². The first-order valence-corrected chi connectivity index (χ1v) is 7.22. The zero-order valence-corrected chi connectivity index (χ0v) is 12.3. The van der Waals surface area contributed by atoms with E-state index < -0.39 is 5.54 Å². The van der Waals surface area contributed by atoms with Crippen LogP contribution >= 0.6 is 0 Å². The topological polar surface area (TPSA) is 32.3 Å². The molecule has 2 heteroatoms. The molecule has 0 amide bonds. The van der Waals surface area contributed by atoms with Gasteiger partial charge >= 0.3 is 0 Å². The van der Waals surface area contributed by atoms with Gasteiger partial charge in [-0.1, -0.05) is 61.9 Å². The highest BCUT2D eigenvalue weighted by Crippen LogP contribution is 2.31. The van der Waals surface area contributed by atoms with Crippen LogP contribution in [0.3, 0.4) is 0 Å². The van der Waals surface area contributed by atoms with E-state index in [1.807, 2.05) is 30.3 Å². The molecule has 1 atom stereocenters. The van der Waals surface area contributed by atoms with Gasteiger partial charge in [0.15, 0.2) is 0 Å². The van der Waals surface area contributed by atoms with Crippen molar-refractivity contribution in [3.8, 4) is 0 Å². The Kier molecular flexibility index (Phi) is 4.80. The summed E-state index contributed by atoms with van der Waals surface area (Å²) in [5, 5.41) is 13.6. The van der Waals surface area contributed by atoms with Gasteiger partial charge in [-0.05, 0) is 30.5 Å². The highest BCUT2D eigenvalue weighted by molar-refractivity contribution is 5.53. The normalized spacial score (nSPS) is 13.8. The summed E-state index contributed by atoms with van der Waals surface area (Å²) < 4.78 is 0. The summed E-state index contributed by atoms with van der Waals surface area (Å²) in [7, 11) is 0. The van der Waals surface area contributed by atoms with Crippen LogP contribution in [0.4, 0.5) is 5.69 Å². The molecule has 0 saturated heterocycles. The largest absolute Gasteiger partial charge is 0.394 e. The Morgan fingerprint density at radius 2 is 1.65 bits per heavy atom. The molecule has 20 heavy (non-hydrogen) atoms. The number of hydrogen-bond donors (Lipinski definition) is 2. The number of aliphatic hydroxyl groups excluding tert-OH is 1. The van der Waals surface area contributed by atoms with E-state index in [-0.39, 0.29) is 6.61 Å². The molecule has 2 aromatic rings. The van der Waals surface area contributed by atoms with Gasteiger partial charge in [-0.3, -0.25) is 0 Å². The SMILES string of the molecule is CCCC(CO)(Nc1ccccc1C)c1ccccc1. The summed E-state index contributed by atoms with van der Waals surface area (Å²) in [6, 6.07) is 18.4. The van der Waals surface area contributed by atoms with E-state index in [1.54, 1.807) is 0 Å². The predicted molar refractivity (Wildman–Crippen MR) is 84.9 cm³/mol. The standard InChI is InChI=1S/C18H23NO/c1-3-13-18(14-20,16-10-5-4-6-11-16)19-17-12-8-7-9-15(17)2/h4-12,19-20H,3,13-14H2,1-2H3. The predicted octanol–water partition coefficient (Wildman–Crippen LogP) is 4.09. The van der Waals surface area contributed by atoms with Gasteiger partial charge in [-0.15, -0.1) is 0 Å². The summed E-state index contributed by atoms with van der Waals surface area (Å²) in [5.41, 5.74) is 2.99. The summed E-state index contributed by atoms with van der Waals surface area (Å²) in [6.45, 7) is 4.31. The van der Waals surface area contributed by atoms with Crippen molar-refractivity contribution in [3.05, 3.63) is 65.7 Å². The fourth-order valence-corrected chi connectivity index (χ4v) is 2.64. The van der Waals surface area contributed by atoms with Crippen LogP contribution in [-0.2, 0) is 5.54 Å². The highest BCUT2D eigenvalue weighted by Gasteiger charge is 2.30. The fourth-order valence-electron chi connectivity index (χ4n) is 2.64. The quantitative estimate of drug-likeness (QED) is 0.827. The number of aryl methyl sites for hydroxylation is 1. The number of anilines is 1. The Hall–Kier alpha value is -1.80. The van der Waals surface area contributed by atoms with Crippen molar-refractivity contribution in [1.29, 1.82) is 0 Å². The van der Waals surface area contributed by atoms with Crippen molar-refractivity contribution in [2.75, 3.05) is 11.9 Å². The first-order valence-electron chi connectivity index (χ1n) is 7.22. The Bertz CT molecular complexity index is 538. The molecule has 0 aliphatic carbocycles. The Labute approximate surface area is 121 Å². The third-order valence-electron chi connectivity index (χ3n) is 3.79. The van der Waals surface area contributed by atoms with Crippen LogP contribution in [0.25, 0.3) is 0 Å². The summed E-state index contributed by atoms with van der Waals surface area (Å²) in [4.78, 5) is 0. The summed E-state index contributed by atoms with van der Waals surface area (Å²) >= 11 is 0.